The van der Waals surface area contributed by atoms with Crippen LogP contribution in [0.1, 0.15) is 22.5 Å². The minimum Gasteiger partial charge on any atom is -0.462 e. The molecule has 0 spiro atoms. The maximum atomic E-state index is 14.9. The number of amidine groups is 1. The molecule has 33 heavy (non-hydrogen) atoms. The van der Waals surface area contributed by atoms with E-state index in [1.165, 1.54) is 12.1 Å². The van der Waals surface area contributed by atoms with Crippen molar-refractivity contribution in [2.45, 2.75) is 24.7 Å². The maximum Gasteiger partial charge on any atom is 0.388 e. The number of rotatable bonds is 6. The highest BCUT2D eigenvalue weighted by Gasteiger charge is 2.52. The van der Waals surface area contributed by atoms with Crippen LogP contribution in [-0.4, -0.2) is 54.5 Å². The number of amides is 1. The number of aliphatic imine (C=N–C) groups is 1. The van der Waals surface area contributed by atoms with Crippen LogP contribution in [0.2, 0.25) is 0 Å². The van der Waals surface area contributed by atoms with E-state index in [0.29, 0.717) is 13.0 Å². The van der Waals surface area contributed by atoms with Crippen molar-refractivity contribution in [3.63, 3.8) is 0 Å². The predicted octanol–water partition coefficient (Wildman–Crippen LogP) is 2.38. The van der Waals surface area contributed by atoms with Gasteiger partial charge in [-0.25, -0.2) is 23.7 Å². The smallest absolute Gasteiger partial charge is 0.388 e. The summed E-state index contributed by atoms with van der Waals surface area (Å²) in [5.41, 5.74) is 3.85. The molecule has 176 valence electrons. The van der Waals surface area contributed by atoms with Gasteiger partial charge < -0.3 is 25.3 Å². The van der Waals surface area contributed by atoms with Crippen LogP contribution in [0.25, 0.3) is 0 Å². The van der Waals surface area contributed by atoms with Crippen LogP contribution in [0.15, 0.2) is 35.6 Å². The number of hydrogen-bond acceptors (Lipinski definition) is 8. The summed E-state index contributed by atoms with van der Waals surface area (Å²) in [6, 6.07) is 3.33. The molecule has 2 aliphatic heterocycles. The van der Waals surface area contributed by atoms with Crippen molar-refractivity contribution in [2.75, 3.05) is 25.2 Å². The minimum absolute atomic E-state index is 0.0873. The highest BCUT2D eigenvalue weighted by Crippen LogP contribution is 2.44. The molecular formula is C20H19F4N5O4. The van der Waals surface area contributed by atoms with Crippen molar-refractivity contribution >= 4 is 17.6 Å². The molecule has 0 saturated carbocycles. The van der Waals surface area contributed by atoms with Gasteiger partial charge in [0.05, 0.1) is 31.5 Å². The minimum atomic E-state index is -3.09. The van der Waals surface area contributed by atoms with E-state index in [-0.39, 0.29) is 29.6 Å². The van der Waals surface area contributed by atoms with E-state index in [0.717, 1.165) is 18.5 Å². The van der Waals surface area contributed by atoms with Gasteiger partial charge in [0.25, 0.3) is 11.9 Å². The van der Waals surface area contributed by atoms with E-state index >= 15 is 0 Å². The Labute approximate surface area is 185 Å². The standard InChI is InChI=1S/C20H19F4N5O4/c21-9-20(12-8-31-4-3-15(12)32-19(25)29-20)11-5-10(1-2-13(11)22)28-17(30)14-6-27-16(7-26-14)33-18(23)24/h1-2,5-7,12,15,18H,3-4,8-9H2,(H2,25,29)(H,28,30). The lowest BCUT2D eigenvalue weighted by molar-refractivity contribution is -0.0785. The number of carbonyl (C=O) groups excluding carboxylic acids is 1. The number of carbonyl (C=O) groups is 1. The topological polar surface area (TPSA) is 121 Å². The first-order chi connectivity index (χ1) is 15.8. The molecule has 2 aliphatic rings. The van der Waals surface area contributed by atoms with Crippen LogP contribution in [0.4, 0.5) is 23.2 Å². The molecule has 1 fully saturated rings. The predicted molar refractivity (Wildman–Crippen MR) is 106 cm³/mol. The van der Waals surface area contributed by atoms with Gasteiger partial charge >= 0.3 is 6.61 Å². The van der Waals surface area contributed by atoms with Crippen LogP contribution < -0.4 is 15.8 Å². The number of hydrogen-bond donors (Lipinski definition) is 2. The Hall–Kier alpha value is -3.48. The zero-order chi connectivity index (χ0) is 23.6. The van der Waals surface area contributed by atoms with E-state index in [9.17, 15) is 22.4 Å². The van der Waals surface area contributed by atoms with Crippen LogP contribution in [-0.2, 0) is 15.0 Å². The molecule has 1 amide bonds. The molecule has 3 heterocycles. The first kappa shape index (κ1) is 22.7. The summed E-state index contributed by atoms with van der Waals surface area (Å²) in [6.45, 7) is -3.69. The monoisotopic (exact) mass is 469 g/mol. The number of aromatic nitrogens is 2. The van der Waals surface area contributed by atoms with Crippen molar-refractivity contribution in [2.24, 2.45) is 16.6 Å². The maximum absolute atomic E-state index is 14.9. The van der Waals surface area contributed by atoms with Gasteiger partial charge in [0.15, 0.2) is 0 Å². The largest absolute Gasteiger partial charge is 0.462 e. The van der Waals surface area contributed by atoms with Crippen molar-refractivity contribution < 1.29 is 36.6 Å². The number of halogens is 4. The highest BCUT2D eigenvalue weighted by molar-refractivity contribution is 6.02. The Bertz CT molecular complexity index is 1060. The van der Waals surface area contributed by atoms with Gasteiger partial charge in [0.1, 0.15) is 29.8 Å². The second-order valence-corrected chi connectivity index (χ2v) is 7.40. The Kier molecular flexibility index (Phi) is 6.31. The Morgan fingerprint density at radius 2 is 2.15 bits per heavy atom. The summed E-state index contributed by atoms with van der Waals surface area (Å²) in [5, 5.41) is 2.49. The molecule has 0 aliphatic carbocycles. The zero-order valence-electron chi connectivity index (χ0n) is 17.0. The van der Waals surface area contributed by atoms with Crippen molar-refractivity contribution in [3.05, 3.63) is 47.7 Å². The average Bonchev–Trinajstić information content (AvgIpc) is 2.79. The fourth-order valence-corrected chi connectivity index (χ4v) is 3.94. The van der Waals surface area contributed by atoms with Crippen LogP contribution in [0.5, 0.6) is 5.88 Å². The normalized spacial score (nSPS) is 24.5. The molecule has 0 bridgehead atoms. The fourth-order valence-electron chi connectivity index (χ4n) is 3.94. The molecule has 3 atom stereocenters. The average molecular weight is 469 g/mol. The van der Waals surface area contributed by atoms with Crippen molar-refractivity contribution in [1.29, 1.82) is 0 Å². The van der Waals surface area contributed by atoms with Gasteiger partial charge in [-0.3, -0.25) is 4.79 Å². The van der Waals surface area contributed by atoms with Gasteiger partial charge in [0, 0.05) is 17.7 Å². The molecule has 3 unspecified atom stereocenters. The summed E-state index contributed by atoms with van der Waals surface area (Å²) in [7, 11) is 0. The third-order valence-electron chi connectivity index (χ3n) is 5.45. The van der Waals surface area contributed by atoms with Gasteiger partial charge in [-0.05, 0) is 18.2 Å². The first-order valence-corrected chi connectivity index (χ1v) is 9.86. The van der Waals surface area contributed by atoms with Crippen molar-refractivity contribution in [1.82, 2.24) is 9.97 Å². The SMILES string of the molecule is NC1=NC(CF)(c2cc(NC(=O)c3cnc(OC(F)F)cn3)ccc2F)C2COCCC2O1. The van der Waals surface area contributed by atoms with E-state index < -0.39 is 48.5 Å². The summed E-state index contributed by atoms with van der Waals surface area (Å²) < 4.78 is 68.9. The van der Waals surface area contributed by atoms with Crippen LogP contribution in [0, 0.1) is 11.7 Å². The second kappa shape index (κ2) is 9.17. The van der Waals surface area contributed by atoms with Crippen molar-refractivity contribution in [3.8, 4) is 5.88 Å². The summed E-state index contributed by atoms with van der Waals surface area (Å²) in [5.74, 6) is -2.61. The summed E-state index contributed by atoms with van der Waals surface area (Å²) in [4.78, 5) is 23.9. The third kappa shape index (κ3) is 4.53. The molecule has 1 saturated heterocycles. The number of anilines is 1. The summed E-state index contributed by atoms with van der Waals surface area (Å²) in [6.07, 6.45) is 1.73. The van der Waals surface area contributed by atoms with Crippen LogP contribution in [0.3, 0.4) is 0 Å². The zero-order valence-corrected chi connectivity index (χ0v) is 17.0. The van der Waals surface area contributed by atoms with Gasteiger partial charge in [0.2, 0.25) is 5.88 Å². The Morgan fingerprint density at radius 1 is 1.33 bits per heavy atom. The Morgan fingerprint density at radius 3 is 2.85 bits per heavy atom. The third-order valence-corrected chi connectivity index (χ3v) is 5.45. The molecule has 1 aromatic heterocycles. The van der Waals surface area contributed by atoms with Crippen LogP contribution >= 0.6 is 0 Å². The molecule has 4 rings (SSSR count). The number of ether oxygens (including phenoxy) is 3. The quantitative estimate of drug-likeness (QED) is 0.623. The van der Waals surface area contributed by atoms with Gasteiger partial charge in [-0.1, -0.05) is 0 Å². The van der Waals surface area contributed by atoms with Gasteiger partial charge in [-0.15, -0.1) is 0 Å². The second-order valence-electron chi connectivity index (χ2n) is 7.40. The fraction of sp³-hybridized carbons (Fsp3) is 0.400. The lowest BCUT2D eigenvalue weighted by Gasteiger charge is -2.45. The van der Waals surface area contributed by atoms with E-state index in [4.69, 9.17) is 15.2 Å². The first-order valence-electron chi connectivity index (χ1n) is 9.86. The summed E-state index contributed by atoms with van der Waals surface area (Å²) >= 11 is 0. The highest BCUT2D eigenvalue weighted by atomic mass is 19.3. The molecule has 3 N–H and O–H groups in total. The number of nitrogens with zero attached hydrogens (tertiary/aromatic N) is 3. The molecule has 13 heteroatoms. The molecule has 1 aromatic carbocycles. The number of nitrogens with one attached hydrogen (secondary N) is 1. The molecule has 9 nitrogen and oxygen atoms in total. The number of fused-ring (bicyclic) bond motifs is 1. The number of alkyl halides is 3. The van der Waals surface area contributed by atoms with Gasteiger partial charge in [-0.2, -0.15) is 8.78 Å². The number of nitrogens with two attached hydrogens (primary N) is 1. The molecule has 0 radical (unpaired) electrons. The molecular weight excluding hydrogens is 450 g/mol. The molecule has 2 aromatic rings. The lowest BCUT2D eigenvalue weighted by Crippen LogP contribution is -2.54. The lowest BCUT2D eigenvalue weighted by atomic mass is 9.74. The van der Waals surface area contributed by atoms with E-state index in [1.807, 2.05) is 0 Å². The van der Waals surface area contributed by atoms with E-state index in [2.05, 4.69) is 25.0 Å². The van der Waals surface area contributed by atoms with E-state index in [1.54, 1.807) is 0 Å². The Balaban J connectivity index is 1.62. The number of benzene rings is 1.